The van der Waals surface area contributed by atoms with E-state index in [0.717, 1.165) is 18.7 Å². The van der Waals surface area contributed by atoms with Gasteiger partial charge < -0.3 is 25.8 Å². The molecule has 0 unspecified atom stereocenters. The van der Waals surface area contributed by atoms with Gasteiger partial charge in [-0.3, -0.25) is 4.79 Å². The lowest BCUT2D eigenvalue weighted by Gasteiger charge is -2.37. The van der Waals surface area contributed by atoms with Crippen LogP contribution in [0.4, 0.5) is 11.4 Å². The van der Waals surface area contributed by atoms with E-state index in [9.17, 15) is 14.7 Å². The highest BCUT2D eigenvalue weighted by atomic mass is 16.5. The van der Waals surface area contributed by atoms with Crippen LogP contribution >= 0.6 is 0 Å². The standard InChI is InChI=1S/C15H21N3O4/c1-9(19)17-13-4-3-10(7-11(13)15(20)21)18-6-5-12(16)14(8-18)22-2/h3-4,7,12,14H,5-6,8,16H2,1-2H3,(H,17,19)(H,20,21)/t12-,14+/m1/s1. The fraction of sp³-hybridized carbons (Fsp3) is 0.467. The quantitative estimate of drug-likeness (QED) is 0.763. The lowest BCUT2D eigenvalue weighted by Crippen LogP contribution is -2.51. The van der Waals surface area contributed by atoms with Gasteiger partial charge in [0.05, 0.1) is 17.4 Å². The van der Waals surface area contributed by atoms with E-state index in [0.29, 0.717) is 12.2 Å². The van der Waals surface area contributed by atoms with Crippen LogP contribution in [-0.4, -0.2) is 49.3 Å². The zero-order chi connectivity index (χ0) is 16.3. The summed E-state index contributed by atoms with van der Waals surface area (Å²) in [5.74, 6) is -1.39. The molecule has 1 heterocycles. The Labute approximate surface area is 129 Å². The molecule has 120 valence electrons. The third-order valence-electron chi connectivity index (χ3n) is 3.82. The molecular weight excluding hydrogens is 286 g/mol. The van der Waals surface area contributed by atoms with Crippen LogP contribution in [0.3, 0.4) is 0 Å². The smallest absolute Gasteiger partial charge is 0.337 e. The SMILES string of the molecule is CO[C@H]1CN(c2ccc(NC(C)=O)c(C(=O)O)c2)CC[C@H]1N. The second-order valence-electron chi connectivity index (χ2n) is 5.39. The summed E-state index contributed by atoms with van der Waals surface area (Å²) in [4.78, 5) is 24.6. The zero-order valence-electron chi connectivity index (χ0n) is 12.7. The molecule has 2 rings (SSSR count). The molecule has 22 heavy (non-hydrogen) atoms. The largest absolute Gasteiger partial charge is 0.478 e. The molecule has 1 amide bonds. The predicted molar refractivity (Wildman–Crippen MR) is 83.3 cm³/mol. The second kappa shape index (κ2) is 6.76. The number of rotatable bonds is 4. The summed E-state index contributed by atoms with van der Waals surface area (Å²) in [7, 11) is 1.62. The molecule has 1 aliphatic heterocycles. The number of hydrogen-bond acceptors (Lipinski definition) is 5. The first-order valence-electron chi connectivity index (χ1n) is 7.10. The Balaban J connectivity index is 2.27. The minimum Gasteiger partial charge on any atom is -0.478 e. The number of carboxylic acids is 1. The lowest BCUT2D eigenvalue weighted by atomic mass is 10.0. The van der Waals surface area contributed by atoms with E-state index in [1.807, 2.05) is 4.90 Å². The fourth-order valence-electron chi connectivity index (χ4n) is 2.62. The van der Waals surface area contributed by atoms with Crippen LogP contribution in [0.5, 0.6) is 0 Å². The van der Waals surface area contributed by atoms with Gasteiger partial charge in [-0.05, 0) is 24.6 Å². The average Bonchev–Trinajstić information content (AvgIpc) is 2.47. The molecule has 0 saturated carbocycles. The Kier molecular flexibility index (Phi) is 4.99. The number of anilines is 2. The molecule has 1 fully saturated rings. The van der Waals surface area contributed by atoms with E-state index < -0.39 is 5.97 Å². The van der Waals surface area contributed by atoms with Crippen molar-refractivity contribution in [1.29, 1.82) is 0 Å². The van der Waals surface area contributed by atoms with Crippen LogP contribution in [-0.2, 0) is 9.53 Å². The first-order valence-corrected chi connectivity index (χ1v) is 7.10. The number of hydrogen-bond donors (Lipinski definition) is 3. The monoisotopic (exact) mass is 307 g/mol. The van der Waals surface area contributed by atoms with Crippen LogP contribution in [0.2, 0.25) is 0 Å². The molecule has 7 nitrogen and oxygen atoms in total. The zero-order valence-corrected chi connectivity index (χ0v) is 12.7. The van der Waals surface area contributed by atoms with E-state index in [4.69, 9.17) is 10.5 Å². The molecule has 0 bridgehead atoms. The molecule has 1 aliphatic rings. The van der Waals surface area contributed by atoms with Crippen LogP contribution in [0.15, 0.2) is 18.2 Å². The Morgan fingerprint density at radius 1 is 1.45 bits per heavy atom. The van der Waals surface area contributed by atoms with Gasteiger partial charge in [0.1, 0.15) is 0 Å². The molecule has 1 saturated heterocycles. The molecule has 2 atom stereocenters. The van der Waals surface area contributed by atoms with Gasteiger partial charge in [0.25, 0.3) is 0 Å². The maximum atomic E-state index is 11.4. The average molecular weight is 307 g/mol. The maximum Gasteiger partial charge on any atom is 0.337 e. The molecule has 0 spiro atoms. The van der Waals surface area contributed by atoms with Gasteiger partial charge in [-0.1, -0.05) is 0 Å². The predicted octanol–water partition coefficient (Wildman–Crippen LogP) is 0.896. The van der Waals surface area contributed by atoms with Crippen molar-refractivity contribution < 1.29 is 19.4 Å². The number of ether oxygens (including phenoxy) is 1. The number of benzene rings is 1. The number of methoxy groups -OCH3 is 1. The van der Waals surface area contributed by atoms with Gasteiger partial charge in [0.2, 0.25) is 5.91 Å². The first kappa shape index (κ1) is 16.3. The van der Waals surface area contributed by atoms with Crippen molar-refractivity contribution in [3.63, 3.8) is 0 Å². The van der Waals surface area contributed by atoms with Crippen LogP contribution in [0.1, 0.15) is 23.7 Å². The summed E-state index contributed by atoms with van der Waals surface area (Å²) in [6.07, 6.45) is 0.686. The molecule has 0 radical (unpaired) electrons. The number of carboxylic acid groups (broad SMARTS) is 1. The van der Waals surface area contributed by atoms with Crippen molar-refractivity contribution in [2.24, 2.45) is 5.73 Å². The Morgan fingerprint density at radius 2 is 2.18 bits per heavy atom. The van der Waals surface area contributed by atoms with Crippen LogP contribution in [0.25, 0.3) is 0 Å². The van der Waals surface area contributed by atoms with Gasteiger partial charge in [-0.2, -0.15) is 0 Å². The summed E-state index contributed by atoms with van der Waals surface area (Å²) in [6, 6.07) is 4.95. The summed E-state index contributed by atoms with van der Waals surface area (Å²) < 4.78 is 5.37. The van der Waals surface area contributed by atoms with Crippen molar-refractivity contribution in [2.75, 3.05) is 30.4 Å². The van der Waals surface area contributed by atoms with Crippen molar-refractivity contribution in [3.8, 4) is 0 Å². The molecule has 4 N–H and O–H groups in total. The minimum atomic E-state index is -1.08. The van der Waals surface area contributed by atoms with E-state index in [1.165, 1.54) is 6.92 Å². The first-order chi connectivity index (χ1) is 10.4. The normalized spacial score (nSPS) is 21.5. The highest BCUT2D eigenvalue weighted by molar-refractivity contribution is 6.00. The highest BCUT2D eigenvalue weighted by Crippen LogP contribution is 2.26. The third-order valence-corrected chi connectivity index (χ3v) is 3.82. The van der Waals surface area contributed by atoms with E-state index in [2.05, 4.69) is 5.32 Å². The van der Waals surface area contributed by atoms with Crippen molar-refractivity contribution >= 4 is 23.3 Å². The van der Waals surface area contributed by atoms with E-state index >= 15 is 0 Å². The summed E-state index contributed by atoms with van der Waals surface area (Å²) in [5.41, 5.74) is 7.13. The number of carbonyl (C=O) groups is 2. The van der Waals surface area contributed by atoms with Crippen LogP contribution < -0.4 is 16.0 Å². The molecular formula is C15H21N3O4. The molecule has 1 aromatic carbocycles. The topological polar surface area (TPSA) is 105 Å². The molecule has 0 aliphatic carbocycles. The summed E-state index contributed by atoms with van der Waals surface area (Å²) in [5, 5.41) is 11.9. The van der Waals surface area contributed by atoms with Crippen LogP contribution in [0, 0.1) is 0 Å². The highest BCUT2D eigenvalue weighted by Gasteiger charge is 2.27. The van der Waals surface area contributed by atoms with Gasteiger partial charge in [-0.15, -0.1) is 0 Å². The van der Waals surface area contributed by atoms with Gasteiger partial charge in [0.15, 0.2) is 0 Å². The summed E-state index contributed by atoms with van der Waals surface area (Å²) >= 11 is 0. The van der Waals surface area contributed by atoms with Crippen molar-refractivity contribution in [3.05, 3.63) is 23.8 Å². The summed E-state index contributed by atoms with van der Waals surface area (Å²) in [6.45, 7) is 2.69. The number of nitrogens with zero attached hydrogens (tertiary/aromatic N) is 1. The Hall–Kier alpha value is -2.12. The third kappa shape index (κ3) is 3.55. The molecule has 1 aromatic rings. The number of aromatic carboxylic acids is 1. The van der Waals surface area contributed by atoms with E-state index in [1.54, 1.807) is 25.3 Å². The van der Waals surface area contributed by atoms with E-state index in [-0.39, 0.29) is 23.6 Å². The molecule has 0 aromatic heterocycles. The molecule has 7 heteroatoms. The Morgan fingerprint density at radius 3 is 2.77 bits per heavy atom. The minimum absolute atomic E-state index is 0.0150. The number of nitrogens with two attached hydrogens (primary N) is 1. The van der Waals surface area contributed by atoms with Gasteiger partial charge >= 0.3 is 5.97 Å². The Bertz CT molecular complexity index is 576. The van der Waals surface area contributed by atoms with Crippen molar-refractivity contribution in [1.82, 2.24) is 0 Å². The number of amides is 1. The fourth-order valence-corrected chi connectivity index (χ4v) is 2.62. The van der Waals surface area contributed by atoms with Gasteiger partial charge in [0, 0.05) is 38.9 Å². The lowest BCUT2D eigenvalue weighted by molar-refractivity contribution is -0.114. The second-order valence-corrected chi connectivity index (χ2v) is 5.39. The van der Waals surface area contributed by atoms with Crippen molar-refractivity contribution in [2.45, 2.75) is 25.5 Å². The number of nitrogens with one attached hydrogen (secondary N) is 1. The number of carbonyl (C=O) groups excluding carboxylic acids is 1. The maximum absolute atomic E-state index is 11.4. The number of piperidine rings is 1. The van der Waals surface area contributed by atoms with Gasteiger partial charge in [-0.25, -0.2) is 4.79 Å².